The number of aromatic nitrogens is 3. The van der Waals surface area contributed by atoms with Gasteiger partial charge >= 0.3 is 5.69 Å². The molecule has 0 saturated heterocycles. The first kappa shape index (κ1) is 16.8. The van der Waals surface area contributed by atoms with Gasteiger partial charge in [-0.2, -0.15) is 0 Å². The lowest BCUT2D eigenvalue weighted by Crippen LogP contribution is -2.44. The molecule has 6 nitrogen and oxygen atoms in total. The number of ether oxygens (including phenoxy) is 1. The average molecular weight is 347 g/mol. The van der Waals surface area contributed by atoms with E-state index in [9.17, 15) is 18.4 Å². The summed E-state index contributed by atoms with van der Waals surface area (Å²) < 4.78 is 33.1. The van der Waals surface area contributed by atoms with Gasteiger partial charge in [-0.05, 0) is 26.0 Å². The van der Waals surface area contributed by atoms with Crippen molar-refractivity contribution in [1.82, 2.24) is 14.5 Å². The standard InChI is InChI=1S/C17H15F2N3O3/c1-17(2,25-12-7-10(18)6-11(19)8-12)9-22-15(23)14-13(21-16(22)24)4-3-5-20-14/h3-8H,9H2,1-2H3,(H,21,24). The first-order valence-corrected chi connectivity index (χ1v) is 7.48. The number of pyridine rings is 1. The molecule has 0 unspecified atom stereocenters. The highest BCUT2D eigenvalue weighted by Gasteiger charge is 2.24. The van der Waals surface area contributed by atoms with Crippen LogP contribution >= 0.6 is 0 Å². The fourth-order valence-electron chi connectivity index (χ4n) is 2.54. The molecule has 0 saturated carbocycles. The second-order valence-electron chi connectivity index (χ2n) is 6.19. The second-order valence-corrected chi connectivity index (χ2v) is 6.19. The van der Waals surface area contributed by atoms with E-state index in [1.54, 1.807) is 26.0 Å². The minimum atomic E-state index is -1.08. The molecule has 3 aromatic rings. The number of H-pyrrole nitrogens is 1. The summed E-state index contributed by atoms with van der Waals surface area (Å²) in [6.45, 7) is 3.07. The van der Waals surface area contributed by atoms with Gasteiger partial charge < -0.3 is 9.72 Å². The number of fused-ring (bicyclic) bond motifs is 1. The van der Waals surface area contributed by atoms with Crippen LogP contribution in [0.3, 0.4) is 0 Å². The van der Waals surface area contributed by atoms with Crippen molar-refractivity contribution in [2.75, 3.05) is 0 Å². The monoisotopic (exact) mass is 347 g/mol. The van der Waals surface area contributed by atoms with E-state index in [-0.39, 0.29) is 17.8 Å². The van der Waals surface area contributed by atoms with Crippen LogP contribution in [-0.4, -0.2) is 20.1 Å². The number of rotatable bonds is 4. The summed E-state index contributed by atoms with van der Waals surface area (Å²) in [7, 11) is 0. The molecule has 0 spiro atoms. The Balaban J connectivity index is 1.96. The van der Waals surface area contributed by atoms with E-state index in [0.29, 0.717) is 5.52 Å². The minimum Gasteiger partial charge on any atom is -0.486 e. The smallest absolute Gasteiger partial charge is 0.329 e. The van der Waals surface area contributed by atoms with Gasteiger partial charge in [0, 0.05) is 24.4 Å². The molecule has 0 bridgehead atoms. The lowest BCUT2D eigenvalue weighted by atomic mass is 10.1. The number of nitrogens with zero attached hydrogens (tertiary/aromatic N) is 2. The summed E-state index contributed by atoms with van der Waals surface area (Å²) >= 11 is 0. The van der Waals surface area contributed by atoms with Crippen molar-refractivity contribution >= 4 is 11.0 Å². The predicted molar refractivity (Wildman–Crippen MR) is 87.7 cm³/mol. The van der Waals surface area contributed by atoms with Crippen molar-refractivity contribution in [3.63, 3.8) is 0 Å². The van der Waals surface area contributed by atoms with E-state index in [1.807, 2.05) is 0 Å². The molecule has 1 N–H and O–H groups in total. The maximum atomic E-state index is 13.3. The van der Waals surface area contributed by atoms with Crippen LogP contribution in [0, 0.1) is 11.6 Å². The summed E-state index contributed by atoms with van der Waals surface area (Å²) in [4.78, 5) is 31.2. The normalized spacial score (nSPS) is 11.7. The molecule has 1 aromatic carbocycles. The highest BCUT2D eigenvalue weighted by Crippen LogP contribution is 2.21. The molecule has 0 aliphatic carbocycles. The fourth-order valence-corrected chi connectivity index (χ4v) is 2.54. The van der Waals surface area contributed by atoms with E-state index >= 15 is 0 Å². The van der Waals surface area contributed by atoms with Gasteiger partial charge in [0.1, 0.15) is 23.0 Å². The van der Waals surface area contributed by atoms with Gasteiger partial charge in [-0.25, -0.2) is 18.6 Å². The van der Waals surface area contributed by atoms with Crippen molar-refractivity contribution in [3.05, 3.63) is 69.0 Å². The molecule has 8 heteroatoms. The molecule has 0 atom stereocenters. The lowest BCUT2D eigenvalue weighted by Gasteiger charge is -2.27. The molecular weight excluding hydrogens is 332 g/mol. The first-order valence-electron chi connectivity index (χ1n) is 7.48. The molecule has 130 valence electrons. The molecule has 0 amide bonds. The second kappa shape index (κ2) is 6.12. The van der Waals surface area contributed by atoms with Gasteiger partial charge in [-0.3, -0.25) is 9.36 Å². The molecule has 2 heterocycles. The Morgan fingerprint density at radius 1 is 1.20 bits per heavy atom. The van der Waals surface area contributed by atoms with Crippen molar-refractivity contribution in [1.29, 1.82) is 0 Å². The SMILES string of the molecule is CC(C)(Cn1c(=O)[nH]c2cccnc2c1=O)Oc1cc(F)cc(F)c1. The van der Waals surface area contributed by atoms with Gasteiger partial charge in [-0.1, -0.05) is 0 Å². The minimum absolute atomic E-state index is 0.0362. The summed E-state index contributed by atoms with van der Waals surface area (Å²) in [5.41, 5.74) is -1.82. The van der Waals surface area contributed by atoms with Crippen LogP contribution in [0.1, 0.15) is 13.8 Å². The molecule has 0 aliphatic rings. The number of halogens is 2. The Hall–Kier alpha value is -3.03. The van der Waals surface area contributed by atoms with Crippen LogP contribution in [-0.2, 0) is 6.54 Å². The molecule has 0 fully saturated rings. The van der Waals surface area contributed by atoms with E-state index in [4.69, 9.17) is 4.74 Å². The van der Waals surface area contributed by atoms with Gasteiger partial charge in [0.25, 0.3) is 5.56 Å². The number of hydrogen-bond donors (Lipinski definition) is 1. The van der Waals surface area contributed by atoms with E-state index < -0.39 is 28.5 Å². The van der Waals surface area contributed by atoms with Crippen LogP contribution in [0.2, 0.25) is 0 Å². The summed E-state index contributed by atoms with van der Waals surface area (Å²) in [6.07, 6.45) is 1.45. The molecular formula is C17H15F2N3O3. The van der Waals surface area contributed by atoms with Gasteiger partial charge in [0.15, 0.2) is 5.52 Å². The number of benzene rings is 1. The maximum Gasteiger partial charge on any atom is 0.329 e. The number of hydrogen-bond acceptors (Lipinski definition) is 4. The van der Waals surface area contributed by atoms with Crippen LogP contribution in [0.15, 0.2) is 46.1 Å². The quantitative estimate of drug-likeness (QED) is 0.785. The largest absolute Gasteiger partial charge is 0.486 e. The predicted octanol–water partition coefficient (Wildman–Crippen LogP) is 2.22. The van der Waals surface area contributed by atoms with Gasteiger partial charge in [0.2, 0.25) is 0 Å². The van der Waals surface area contributed by atoms with Crippen LogP contribution in [0.5, 0.6) is 5.75 Å². The Kier molecular flexibility index (Phi) is 4.12. The van der Waals surface area contributed by atoms with E-state index in [1.165, 1.54) is 6.20 Å². The number of nitrogens with one attached hydrogen (secondary N) is 1. The van der Waals surface area contributed by atoms with Crippen LogP contribution < -0.4 is 16.0 Å². The van der Waals surface area contributed by atoms with Crippen molar-refractivity contribution in [3.8, 4) is 5.75 Å². The summed E-state index contributed by atoms with van der Waals surface area (Å²) in [5.74, 6) is -1.60. The Morgan fingerprint density at radius 3 is 2.56 bits per heavy atom. The zero-order chi connectivity index (χ0) is 18.2. The fraction of sp³-hybridized carbons (Fsp3) is 0.235. The van der Waals surface area contributed by atoms with E-state index in [0.717, 1.165) is 22.8 Å². The van der Waals surface area contributed by atoms with Crippen molar-refractivity contribution < 1.29 is 13.5 Å². The van der Waals surface area contributed by atoms with Gasteiger partial charge in [-0.15, -0.1) is 0 Å². The molecule has 25 heavy (non-hydrogen) atoms. The summed E-state index contributed by atoms with van der Waals surface area (Å²) in [5, 5.41) is 0. The van der Waals surface area contributed by atoms with Crippen LogP contribution in [0.4, 0.5) is 8.78 Å². The van der Waals surface area contributed by atoms with E-state index in [2.05, 4.69) is 9.97 Å². The maximum absolute atomic E-state index is 13.3. The molecule has 2 aromatic heterocycles. The zero-order valence-electron chi connectivity index (χ0n) is 13.5. The Labute approximate surface area is 140 Å². The topological polar surface area (TPSA) is 77.0 Å². The van der Waals surface area contributed by atoms with Crippen LogP contribution in [0.25, 0.3) is 11.0 Å². The highest BCUT2D eigenvalue weighted by atomic mass is 19.1. The Bertz CT molecular complexity index is 1040. The third-order valence-corrected chi connectivity index (χ3v) is 3.51. The van der Waals surface area contributed by atoms with Crippen molar-refractivity contribution in [2.45, 2.75) is 26.0 Å². The highest BCUT2D eigenvalue weighted by molar-refractivity contribution is 5.71. The van der Waals surface area contributed by atoms with Gasteiger partial charge in [0.05, 0.1) is 12.1 Å². The molecule has 0 radical (unpaired) electrons. The summed E-state index contributed by atoms with van der Waals surface area (Å²) in [6, 6.07) is 5.96. The molecule has 0 aliphatic heterocycles. The molecule has 3 rings (SSSR count). The average Bonchev–Trinajstić information content (AvgIpc) is 2.50. The lowest BCUT2D eigenvalue weighted by molar-refractivity contribution is 0.0860. The Morgan fingerprint density at radius 2 is 1.88 bits per heavy atom. The van der Waals surface area contributed by atoms with Crippen molar-refractivity contribution in [2.24, 2.45) is 0 Å². The third kappa shape index (κ3) is 3.57. The number of aromatic amines is 1. The third-order valence-electron chi connectivity index (χ3n) is 3.51. The first-order chi connectivity index (χ1) is 11.7. The zero-order valence-corrected chi connectivity index (χ0v) is 13.5.